The van der Waals surface area contributed by atoms with Crippen molar-refractivity contribution in [1.82, 2.24) is 20.2 Å². The SMILES string of the molecule is COc1ccc(Cn2nnnc2SCC(=O)N2c3ccccc3CCc3ccccc32)cc1. The Labute approximate surface area is 196 Å². The number of carbonyl (C=O) groups is 1. The molecular weight excluding hydrogens is 434 g/mol. The molecule has 0 radical (unpaired) electrons. The van der Waals surface area contributed by atoms with Crippen molar-refractivity contribution in [3.05, 3.63) is 89.5 Å². The number of thioether (sulfide) groups is 1. The third-order valence-corrected chi connectivity index (χ3v) is 6.64. The zero-order valence-corrected chi connectivity index (χ0v) is 19.0. The fraction of sp³-hybridized carbons (Fsp3) is 0.200. The van der Waals surface area contributed by atoms with Crippen molar-refractivity contribution in [3.8, 4) is 5.75 Å². The molecule has 1 aromatic heterocycles. The number of ether oxygens (including phenoxy) is 1. The van der Waals surface area contributed by atoms with Crippen LogP contribution in [-0.2, 0) is 24.2 Å². The summed E-state index contributed by atoms with van der Waals surface area (Å²) in [6.45, 7) is 0.517. The first-order chi connectivity index (χ1) is 16.2. The van der Waals surface area contributed by atoms with Crippen molar-refractivity contribution in [2.24, 2.45) is 0 Å². The lowest BCUT2D eigenvalue weighted by atomic mass is 10.0. The number of anilines is 2. The molecule has 1 aliphatic heterocycles. The van der Waals surface area contributed by atoms with Crippen LogP contribution in [-0.4, -0.2) is 39.0 Å². The van der Waals surface area contributed by atoms with Gasteiger partial charge in [0.05, 0.1) is 30.8 Å². The molecule has 3 aromatic carbocycles. The Hall–Kier alpha value is -3.65. The average Bonchev–Trinajstić information content (AvgIpc) is 3.22. The zero-order valence-electron chi connectivity index (χ0n) is 18.2. The van der Waals surface area contributed by atoms with Gasteiger partial charge < -0.3 is 4.74 Å². The summed E-state index contributed by atoms with van der Waals surface area (Å²) in [5.41, 5.74) is 5.30. The first kappa shape index (κ1) is 21.2. The summed E-state index contributed by atoms with van der Waals surface area (Å²) < 4.78 is 6.93. The van der Waals surface area contributed by atoms with E-state index >= 15 is 0 Å². The Morgan fingerprint density at radius 3 is 2.21 bits per heavy atom. The third kappa shape index (κ3) is 4.47. The molecule has 0 saturated heterocycles. The van der Waals surface area contributed by atoms with Gasteiger partial charge in [-0.3, -0.25) is 9.69 Å². The number of hydrogen-bond acceptors (Lipinski definition) is 6. The van der Waals surface area contributed by atoms with Crippen LogP contribution in [0, 0.1) is 0 Å². The van der Waals surface area contributed by atoms with E-state index in [2.05, 4.69) is 27.7 Å². The monoisotopic (exact) mass is 457 g/mol. The van der Waals surface area contributed by atoms with Gasteiger partial charge in [0, 0.05) is 0 Å². The Morgan fingerprint density at radius 2 is 1.58 bits per heavy atom. The van der Waals surface area contributed by atoms with Gasteiger partial charge in [-0.2, -0.15) is 0 Å². The van der Waals surface area contributed by atoms with Gasteiger partial charge in [0.1, 0.15) is 5.75 Å². The molecule has 0 spiro atoms. The van der Waals surface area contributed by atoms with Crippen LogP contribution in [0.4, 0.5) is 11.4 Å². The second-order valence-electron chi connectivity index (χ2n) is 7.74. The minimum atomic E-state index is 0.000738. The fourth-order valence-electron chi connectivity index (χ4n) is 4.04. The number of tetrazole rings is 1. The van der Waals surface area contributed by atoms with Crippen LogP contribution in [0.3, 0.4) is 0 Å². The van der Waals surface area contributed by atoms with Crippen molar-refractivity contribution in [1.29, 1.82) is 0 Å². The van der Waals surface area contributed by atoms with Crippen molar-refractivity contribution in [2.45, 2.75) is 24.5 Å². The highest BCUT2D eigenvalue weighted by Crippen LogP contribution is 2.36. The summed E-state index contributed by atoms with van der Waals surface area (Å²) in [5, 5.41) is 12.7. The van der Waals surface area contributed by atoms with Crippen LogP contribution < -0.4 is 9.64 Å². The molecular formula is C25H23N5O2S. The van der Waals surface area contributed by atoms with Crippen LogP contribution in [0.2, 0.25) is 0 Å². The number of amides is 1. The number of para-hydroxylation sites is 2. The molecule has 7 nitrogen and oxygen atoms in total. The average molecular weight is 458 g/mol. The smallest absolute Gasteiger partial charge is 0.242 e. The largest absolute Gasteiger partial charge is 0.497 e. The number of hydrogen-bond donors (Lipinski definition) is 0. The quantitative estimate of drug-likeness (QED) is 0.402. The molecule has 5 rings (SSSR count). The van der Waals surface area contributed by atoms with Gasteiger partial charge in [0.25, 0.3) is 0 Å². The highest BCUT2D eigenvalue weighted by atomic mass is 32.2. The summed E-state index contributed by atoms with van der Waals surface area (Å²) >= 11 is 1.35. The number of carbonyl (C=O) groups excluding carboxylic acids is 1. The van der Waals surface area contributed by atoms with E-state index in [-0.39, 0.29) is 11.7 Å². The summed E-state index contributed by atoms with van der Waals surface area (Å²) in [6.07, 6.45) is 1.81. The van der Waals surface area contributed by atoms with Crippen molar-refractivity contribution in [3.63, 3.8) is 0 Å². The minimum absolute atomic E-state index is 0.000738. The Bertz CT molecular complexity index is 1220. The fourth-order valence-corrected chi connectivity index (χ4v) is 4.77. The Kier molecular flexibility index (Phi) is 6.08. The van der Waals surface area contributed by atoms with Gasteiger partial charge in [0.15, 0.2) is 0 Å². The highest BCUT2D eigenvalue weighted by Gasteiger charge is 2.26. The van der Waals surface area contributed by atoms with Gasteiger partial charge in [-0.05, 0) is 64.2 Å². The molecule has 1 amide bonds. The molecule has 8 heteroatoms. The molecule has 0 aliphatic carbocycles. The van der Waals surface area contributed by atoms with E-state index in [1.807, 2.05) is 65.6 Å². The molecule has 2 heterocycles. The maximum atomic E-state index is 13.5. The van der Waals surface area contributed by atoms with Gasteiger partial charge in [0.2, 0.25) is 11.1 Å². The van der Waals surface area contributed by atoms with Crippen LogP contribution in [0.15, 0.2) is 78.0 Å². The van der Waals surface area contributed by atoms with Crippen LogP contribution in [0.25, 0.3) is 0 Å². The number of nitrogens with zero attached hydrogens (tertiary/aromatic N) is 5. The summed E-state index contributed by atoms with van der Waals surface area (Å²) in [4.78, 5) is 15.4. The summed E-state index contributed by atoms with van der Waals surface area (Å²) in [5.74, 6) is 1.03. The van der Waals surface area contributed by atoms with Gasteiger partial charge in [-0.25, -0.2) is 4.68 Å². The lowest BCUT2D eigenvalue weighted by molar-refractivity contribution is -0.115. The molecule has 4 aromatic rings. The van der Waals surface area contributed by atoms with E-state index in [0.717, 1.165) is 35.5 Å². The number of benzene rings is 3. The predicted octanol–water partition coefficient (Wildman–Crippen LogP) is 4.29. The maximum absolute atomic E-state index is 13.5. The number of aryl methyl sites for hydroxylation is 2. The van der Waals surface area contributed by atoms with Crippen LogP contribution in [0.5, 0.6) is 5.75 Å². The van der Waals surface area contributed by atoms with E-state index in [4.69, 9.17) is 4.74 Å². The number of methoxy groups -OCH3 is 1. The number of aromatic nitrogens is 4. The first-order valence-corrected chi connectivity index (χ1v) is 11.7. The first-order valence-electron chi connectivity index (χ1n) is 10.7. The van der Waals surface area contributed by atoms with E-state index in [0.29, 0.717) is 11.7 Å². The van der Waals surface area contributed by atoms with E-state index in [1.165, 1.54) is 22.9 Å². The van der Waals surface area contributed by atoms with Gasteiger partial charge in [-0.15, -0.1) is 5.10 Å². The normalized spacial score (nSPS) is 12.6. The molecule has 1 aliphatic rings. The van der Waals surface area contributed by atoms with Gasteiger partial charge >= 0.3 is 0 Å². The topological polar surface area (TPSA) is 73.1 Å². The van der Waals surface area contributed by atoms with Crippen molar-refractivity contribution in [2.75, 3.05) is 17.8 Å². The predicted molar refractivity (Wildman–Crippen MR) is 128 cm³/mol. The van der Waals surface area contributed by atoms with Crippen molar-refractivity contribution < 1.29 is 9.53 Å². The number of fused-ring (bicyclic) bond motifs is 2. The molecule has 0 bridgehead atoms. The second-order valence-corrected chi connectivity index (χ2v) is 8.68. The third-order valence-electron chi connectivity index (χ3n) is 5.69. The van der Waals surface area contributed by atoms with E-state index in [1.54, 1.807) is 11.8 Å². The van der Waals surface area contributed by atoms with Crippen LogP contribution >= 0.6 is 11.8 Å². The Morgan fingerprint density at radius 1 is 0.939 bits per heavy atom. The molecule has 0 unspecified atom stereocenters. The molecule has 0 N–H and O–H groups in total. The summed E-state index contributed by atoms with van der Waals surface area (Å²) in [7, 11) is 1.64. The highest BCUT2D eigenvalue weighted by molar-refractivity contribution is 7.99. The van der Waals surface area contributed by atoms with Crippen LogP contribution in [0.1, 0.15) is 16.7 Å². The van der Waals surface area contributed by atoms with E-state index in [9.17, 15) is 4.79 Å². The maximum Gasteiger partial charge on any atom is 0.242 e. The molecule has 0 atom stereocenters. The molecule has 166 valence electrons. The lowest BCUT2D eigenvalue weighted by Crippen LogP contribution is -2.28. The summed E-state index contributed by atoms with van der Waals surface area (Å²) in [6, 6.07) is 24.0. The lowest BCUT2D eigenvalue weighted by Gasteiger charge is -2.24. The standard InChI is InChI=1S/C25H23N5O2S/c1-32-21-14-10-18(11-15-21)16-29-25(26-27-28-29)33-17-24(31)30-22-8-4-2-6-19(22)12-13-20-7-3-5-9-23(20)30/h2-11,14-15H,12-13,16-17H2,1H3. The van der Waals surface area contributed by atoms with Gasteiger partial charge in [-0.1, -0.05) is 60.3 Å². The second kappa shape index (κ2) is 9.46. The molecule has 0 saturated carbocycles. The Balaban J connectivity index is 1.36. The van der Waals surface area contributed by atoms with Crippen molar-refractivity contribution >= 4 is 29.0 Å². The molecule has 33 heavy (non-hydrogen) atoms. The number of rotatable bonds is 6. The molecule has 0 fully saturated rings. The van der Waals surface area contributed by atoms with E-state index < -0.39 is 0 Å². The minimum Gasteiger partial charge on any atom is -0.497 e. The zero-order chi connectivity index (χ0) is 22.6.